The lowest BCUT2D eigenvalue weighted by molar-refractivity contribution is -0.141. The van der Waals surface area contributed by atoms with Gasteiger partial charge in [0.05, 0.1) is 11.5 Å². The zero-order chi connectivity index (χ0) is 15.7. The van der Waals surface area contributed by atoms with Crippen molar-refractivity contribution < 1.29 is 14.7 Å². The van der Waals surface area contributed by atoms with Gasteiger partial charge in [-0.25, -0.2) is 0 Å². The molecular formula is C16H24N2O3. The monoisotopic (exact) mass is 292 g/mol. The lowest BCUT2D eigenvalue weighted by Crippen LogP contribution is -2.33. The Balaban J connectivity index is 2.08. The van der Waals surface area contributed by atoms with E-state index in [1.54, 1.807) is 0 Å². The molecule has 5 nitrogen and oxygen atoms in total. The molecule has 1 aliphatic carbocycles. The van der Waals surface area contributed by atoms with Crippen molar-refractivity contribution in [3.63, 3.8) is 0 Å². The molecule has 21 heavy (non-hydrogen) atoms. The Hall–Kier alpha value is -1.78. The van der Waals surface area contributed by atoms with Crippen LogP contribution in [0.1, 0.15) is 60.9 Å². The van der Waals surface area contributed by atoms with E-state index in [-0.39, 0.29) is 17.9 Å². The topological polar surface area (TPSA) is 71.3 Å². The lowest BCUT2D eigenvalue weighted by atomic mass is 10.1. The minimum absolute atomic E-state index is 0.0271. The third-order valence-electron chi connectivity index (χ3n) is 4.36. The van der Waals surface area contributed by atoms with Crippen LogP contribution in [0.15, 0.2) is 6.07 Å². The zero-order valence-corrected chi connectivity index (χ0v) is 13.1. The van der Waals surface area contributed by atoms with Crippen molar-refractivity contribution >= 4 is 11.9 Å². The summed E-state index contributed by atoms with van der Waals surface area (Å²) in [5, 5.41) is 12.0. The number of aryl methyl sites for hydroxylation is 1. The molecule has 2 N–H and O–H groups in total. The van der Waals surface area contributed by atoms with E-state index in [2.05, 4.69) is 23.7 Å². The Kier molecular flexibility index (Phi) is 4.40. The Morgan fingerprint density at radius 2 is 2.00 bits per heavy atom. The van der Waals surface area contributed by atoms with Gasteiger partial charge < -0.3 is 15.0 Å². The molecule has 1 heterocycles. The van der Waals surface area contributed by atoms with Crippen LogP contribution in [-0.2, 0) is 4.79 Å². The van der Waals surface area contributed by atoms with Crippen molar-refractivity contribution in [1.29, 1.82) is 0 Å². The third-order valence-corrected chi connectivity index (χ3v) is 4.36. The highest BCUT2D eigenvalue weighted by Gasteiger charge is 2.31. The summed E-state index contributed by atoms with van der Waals surface area (Å²) < 4.78 is 2.14. The van der Waals surface area contributed by atoms with E-state index in [4.69, 9.17) is 5.11 Å². The van der Waals surface area contributed by atoms with Gasteiger partial charge >= 0.3 is 5.97 Å². The van der Waals surface area contributed by atoms with Crippen molar-refractivity contribution in [2.45, 2.75) is 59.0 Å². The molecule has 0 bridgehead atoms. The van der Waals surface area contributed by atoms with Crippen molar-refractivity contribution in [2.75, 3.05) is 0 Å². The van der Waals surface area contributed by atoms with Gasteiger partial charge in [-0.3, -0.25) is 9.59 Å². The number of hydrogen-bond donors (Lipinski definition) is 2. The average molecular weight is 292 g/mol. The van der Waals surface area contributed by atoms with Gasteiger partial charge in [0.2, 0.25) is 0 Å². The Morgan fingerprint density at radius 1 is 1.33 bits per heavy atom. The van der Waals surface area contributed by atoms with Gasteiger partial charge in [0.15, 0.2) is 0 Å². The highest BCUT2D eigenvalue weighted by Crippen LogP contribution is 2.26. The maximum Gasteiger partial charge on any atom is 0.306 e. The summed E-state index contributed by atoms with van der Waals surface area (Å²) in [6.45, 7) is 8.14. The Morgan fingerprint density at radius 3 is 2.48 bits per heavy atom. The third kappa shape index (κ3) is 3.12. The van der Waals surface area contributed by atoms with E-state index < -0.39 is 5.97 Å². The van der Waals surface area contributed by atoms with Crippen molar-refractivity contribution in [3.05, 3.63) is 23.0 Å². The first kappa shape index (κ1) is 15.6. The van der Waals surface area contributed by atoms with Gasteiger partial charge in [-0.2, -0.15) is 0 Å². The molecule has 0 spiro atoms. The van der Waals surface area contributed by atoms with Crippen molar-refractivity contribution in [1.82, 2.24) is 9.88 Å². The molecule has 1 aliphatic rings. The molecule has 0 radical (unpaired) electrons. The van der Waals surface area contributed by atoms with E-state index in [1.165, 1.54) is 0 Å². The van der Waals surface area contributed by atoms with E-state index in [0.717, 1.165) is 17.8 Å². The second-order valence-electron chi connectivity index (χ2n) is 6.27. The Labute approximate surface area is 125 Å². The van der Waals surface area contributed by atoms with Crippen LogP contribution in [0.4, 0.5) is 0 Å². The predicted octanol–water partition coefficient (Wildman–Crippen LogP) is 2.67. The van der Waals surface area contributed by atoms with Crippen LogP contribution < -0.4 is 5.32 Å². The zero-order valence-electron chi connectivity index (χ0n) is 13.1. The number of aromatic nitrogens is 1. The minimum atomic E-state index is -0.760. The summed E-state index contributed by atoms with van der Waals surface area (Å²) >= 11 is 0. The van der Waals surface area contributed by atoms with Gasteiger partial charge in [-0.15, -0.1) is 0 Å². The number of carbonyl (C=O) groups is 2. The van der Waals surface area contributed by atoms with Crippen molar-refractivity contribution in [3.8, 4) is 0 Å². The predicted molar refractivity (Wildman–Crippen MR) is 80.5 cm³/mol. The van der Waals surface area contributed by atoms with E-state index >= 15 is 0 Å². The lowest BCUT2D eigenvalue weighted by Gasteiger charge is -2.15. The van der Waals surface area contributed by atoms with Crippen LogP contribution in [0.25, 0.3) is 0 Å². The highest BCUT2D eigenvalue weighted by molar-refractivity contribution is 5.96. The molecule has 0 aliphatic heterocycles. The summed E-state index contributed by atoms with van der Waals surface area (Å²) in [5.41, 5.74) is 2.73. The number of carboxylic acids is 1. The molecule has 1 aromatic heterocycles. The van der Waals surface area contributed by atoms with E-state index in [1.807, 2.05) is 19.9 Å². The normalized spacial score (nSPS) is 21.8. The number of nitrogens with one attached hydrogen (secondary N) is 1. The molecule has 0 saturated heterocycles. The van der Waals surface area contributed by atoms with Crippen LogP contribution in [0.2, 0.25) is 0 Å². The summed E-state index contributed by atoms with van der Waals surface area (Å²) in [6.07, 6.45) is 1.92. The van der Waals surface area contributed by atoms with Gasteiger partial charge in [0.25, 0.3) is 5.91 Å². The van der Waals surface area contributed by atoms with Crippen LogP contribution in [0, 0.1) is 19.8 Å². The van der Waals surface area contributed by atoms with Crippen LogP contribution in [0.3, 0.4) is 0 Å². The number of rotatable bonds is 4. The number of nitrogens with zero attached hydrogens (tertiary/aromatic N) is 1. The first-order valence-electron chi connectivity index (χ1n) is 7.53. The molecule has 116 valence electrons. The van der Waals surface area contributed by atoms with Gasteiger partial charge in [0, 0.05) is 23.5 Å². The number of carboxylic acid groups (broad SMARTS) is 1. The first-order valence-corrected chi connectivity index (χ1v) is 7.53. The molecule has 1 fully saturated rings. The number of hydrogen-bond acceptors (Lipinski definition) is 2. The van der Waals surface area contributed by atoms with E-state index in [0.29, 0.717) is 24.4 Å². The summed E-state index contributed by atoms with van der Waals surface area (Å²) in [4.78, 5) is 23.4. The molecule has 1 aromatic rings. The number of carbonyl (C=O) groups excluding carboxylic acids is 1. The molecular weight excluding hydrogens is 268 g/mol. The summed E-state index contributed by atoms with van der Waals surface area (Å²) in [7, 11) is 0. The number of aliphatic carboxylic acids is 1. The van der Waals surface area contributed by atoms with Crippen LogP contribution in [-0.4, -0.2) is 27.6 Å². The fraction of sp³-hybridized carbons (Fsp3) is 0.625. The molecule has 0 aromatic carbocycles. The molecule has 2 atom stereocenters. The molecule has 1 saturated carbocycles. The number of amides is 1. The maximum atomic E-state index is 12.4. The first-order chi connectivity index (χ1) is 9.81. The van der Waals surface area contributed by atoms with Gasteiger partial charge in [0.1, 0.15) is 0 Å². The second-order valence-corrected chi connectivity index (χ2v) is 6.27. The quantitative estimate of drug-likeness (QED) is 0.896. The second kappa shape index (κ2) is 5.92. The molecule has 1 amide bonds. The SMILES string of the molecule is Cc1cc(C(=O)N[C@H]2CC[C@@H](C(=O)O)C2)c(C)n1C(C)C. The van der Waals surface area contributed by atoms with Crippen molar-refractivity contribution in [2.24, 2.45) is 5.92 Å². The smallest absolute Gasteiger partial charge is 0.306 e. The van der Waals surface area contributed by atoms with Gasteiger partial charge in [-0.05, 0) is 53.0 Å². The fourth-order valence-corrected chi connectivity index (χ4v) is 3.40. The minimum Gasteiger partial charge on any atom is -0.481 e. The largest absolute Gasteiger partial charge is 0.481 e. The van der Waals surface area contributed by atoms with Crippen LogP contribution in [0.5, 0.6) is 0 Å². The Bertz CT molecular complexity index is 560. The average Bonchev–Trinajstić information content (AvgIpc) is 2.94. The molecule has 2 rings (SSSR count). The maximum absolute atomic E-state index is 12.4. The fourth-order valence-electron chi connectivity index (χ4n) is 3.40. The molecule has 5 heteroatoms. The van der Waals surface area contributed by atoms with Crippen LogP contribution >= 0.6 is 0 Å². The van der Waals surface area contributed by atoms with Gasteiger partial charge in [-0.1, -0.05) is 0 Å². The standard InChI is InChI=1S/C16H24N2O3/c1-9(2)18-10(3)7-14(11(18)4)15(19)17-13-6-5-12(8-13)16(20)21/h7,9,12-13H,5-6,8H2,1-4H3,(H,17,19)(H,20,21)/t12-,13+/m1/s1. The van der Waals surface area contributed by atoms with E-state index in [9.17, 15) is 9.59 Å². The summed E-state index contributed by atoms with van der Waals surface area (Å²) in [6, 6.07) is 2.20. The highest BCUT2D eigenvalue weighted by atomic mass is 16.4. The molecule has 0 unspecified atom stereocenters. The summed E-state index contributed by atoms with van der Waals surface area (Å²) in [5.74, 6) is -1.17.